The maximum absolute atomic E-state index is 12.0. The van der Waals surface area contributed by atoms with Crippen molar-refractivity contribution in [2.45, 2.75) is 60.2 Å². The van der Waals surface area contributed by atoms with E-state index in [0.29, 0.717) is 17.9 Å². The van der Waals surface area contributed by atoms with Gasteiger partial charge in [0.2, 0.25) is 0 Å². The van der Waals surface area contributed by atoms with E-state index in [-0.39, 0.29) is 37.3 Å². The van der Waals surface area contributed by atoms with Crippen molar-refractivity contribution < 1.29 is 19.4 Å². The van der Waals surface area contributed by atoms with Crippen LogP contribution >= 0.6 is 0 Å². The van der Waals surface area contributed by atoms with Gasteiger partial charge in [-0.15, -0.1) is 0 Å². The molecule has 0 aliphatic rings. The Balaban J connectivity index is 0.00000186. The Kier molecular flexibility index (Phi) is 9.69. The molecular weight excluding hydrogens is 466 g/mol. The molecule has 7 nitrogen and oxygen atoms in total. The van der Waals surface area contributed by atoms with E-state index in [2.05, 4.69) is 13.8 Å². The number of aromatic hydroxyl groups is 1. The molecule has 3 N–H and O–H groups in total. The third-order valence-electron chi connectivity index (χ3n) is 5.90. The normalized spacial score (nSPS) is 10.8. The summed E-state index contributed by atoms with van der Waals surface area (Å²) >= 11 is 0. The van der Waals surface area contributed by atoms with Crippen molar-refractivity contribution >= 4 is 16.9 Å². The number of esters is 1. The number of hydrogen-bond donors (Lipinski definition) is 2. The summed E-state index contributed by atoms with van der Waals surface area (Å²) < 4.78 is 13.2. The fourth-order valence-corrected chi connectivity index (χ4v) is 4.17. The molecule has 1 aromatic heterocycles. The number of benzene rings is 3. The van der Waals surface area contributed by atoms with Crippen LogP contribution in [0, 0.1) is 0 Å². The Morgan fingerprint density at radius 3 is 2.49 bits per heavy atom. The molecule has 4 rings (SSSR count). The average Bonchev–Trinajstić information content (AvgIpc) is 3.28. The predicted octanol–water partition coefficient (Wildman–Crippen LogP) is 6.16. The molecule has 196 valence electrons. The minimum atomic E-state index is -0.290. The summed E-state index contributed by atoms with van der Waals surface area (Å²) in [5.74, 6) is 0.524. The van der Waals surface area contributed by atoms with Crippen molar-refractivity contribution in [3.05, 3.63) is 77.5 Å². The van der Waals surface area contributed by atoms with E-state index >= 15 is 0 Å². The minimum absolute atomic E-state index is 0.145. The first-order valence-corrected chi connectivity index (χ1v) is 12.8. The first-order valence-electron chi connectivity index (χ1n) is 12.8. The van der Waals surface area contributed by atoms with Crippen LogP contribution in [0.1, 0.15) is 57.5 Å². The third-order valence-corrected chi connectivity index (χ3v) is 5.90. The van der Waals surface area contributed by atoms with Crippen LogP contribution in [-0.4, -0.2) is 27.5 Å². The zero-order valence-electron chi connectivity index (χ0n) is 22.3. The lowest BCUT2D eigenvalue weighted by Gasteiger charge is -2.11. The molecule has 0 spiro atoms. The second-order valence-electron chi connectivity index (χ2n) is 8.61. The molecule has 7 heteroatoms. The van der Waals surface area contributed by atoms with Crippen LogP contribution in [0.2, 0.25) is 0 Å². The van der Waals surface area contributed by atoms with E-state index in [0.717, 1.165) is 33.3 Å². The van der Waals surface area contributed by atoms with Crippen LogP contribution in [0.3, 0.4) is 0 Å². The first kappa shape index (κ1) is 27.7. The third kappa shape index (κ3) is 6.30. The van der Waals surface area contributed by atoms with Gasteiger partial charge in [-0.3, -0.25) is 9.48 Å². The Morgan fingerprint density at radius 2 is 1.78 bits per heavy atom. The summed E-state index contributed by atoms with van der Waals surface area (Å²) in [5.41, 5.74) is 10.6. The van der Waals surface area contributed by atoms with Crippen molar-refractivity contribution in [2.24, 2.45) is 5.73 Å². The van der Waals surface area contributed by atoms with Crippen LogP contribution in [0.25, 0.3) is 22.0 Å². The van der Waals surface area contributed by atoms with Crippen LogP contribution in [0.15, 0.2) is 60.7 Å². The summed E-state index contributed by atoms with van der Waals surface area (Å²) in [6, 6.07) is 19.2. The van der Waals surface area contributed by atoms with Crippen molar-refractivity contribution in [1.29, 1.82) is 0 Å². The predicted molar refractivity (Wildman–Crippen MR) is 148 cm³/mol. The van der Waals surface area contributed by atoms with Gasteiger partial charge in [0.05, 0.1) is 18.5 Å². The number of carbonyl (C=O) groups excluding carboxylic acids is 1. The van der Waals surface area contributed by atoms with Crippen LogP contribution in [0.4, 0.5) is 0 Å². The van der Waals surface area contributed by atoms with Gasteiger partial charge in [-0.2, -0.15) is 5.10 Å². The molecule has 1 heterocycles. The molecule has 0 atom stereocenters. The molecule has 0 radical (unpaired) electrons. The minimum Gasteiger partial charge on any atom is -0.507 e. The van der Waals surface area contributed by atoms with Crippen molar-refractivity contribution in [2.75, 3.05) is 6.61 Å². The summed E-state index contributed by atoms with van der Waals surface area (Å²) in [6.45, 7) is 10.8. The van der Waals surface area contributed by atoms with Crippen molar-refractivity contribution in [3.8, 4) is 22.6 Å². The number of carbonyl (C=O) groups is 1. The van der Waals surface area contributed by atoms with Crippen molar-refractivity contribution in [1.82, 2.24) is 9.78 Å². The fourth-order valence-electron chi connectivity index (χ4n) is 4.17. The lowest BCUT2D eigenvalue weighted by molar-refractivity contribution is -0.142. The summed E-state index contributed by atoms with van der Waals surface area (Å²) in [4.78, 5) is 12.0. The average molecular weight is 504 g/mol. The Hall–Kier alpha value is -3.84. The van der Waals surface area contributed by atoms with E-state index in [4.69, 9.17) is 20.3 Å². The molecule has 3 aromatic carbocycles. The number of aromatic nitrogens is 2. The van der Waals surface area contributed by atoms with Gasteiger partial charge < -0.3 is 20.3 Å². The highest BCUT2D eigenvalue weighted by Crippen LogP contribution is 2.35. The second kappa shape index (κ2) is 12.9. The molecule has 0 fully saturated rings. The van der Waals surface area contributed by atoms with Crippen molar-refractivity contribution in [3.63, 3.8) is 0 Å². The summed E-state index contributed by atoms with van der Waals surface area (Å²) in [5, 5.41) is 16.5. The molecule has 0 saturated carbocycles. The number of ether oxygens (including phenoxy) is 2. The second-order valence-corrected chi connectivity index (χ2v) is 8.61. The van der Waals surface area contributed by atoms with E-state index in [9.17, 15) is 9.90 Å². The maximum Gasteiger partial charge on any atom is 0.310 e. The topological polar surface area (TPSA) is 99.6 Å². The highest BCUT2D eigenvalue weighted by Gasteiger charge is 2.17. The number of para-hydroxylation sites is 2. The number of fused-ring (bicyclic) bond motifs is 1. The lowest BCUT2D eigenvalue weighted by Crippen LogP contribution is -2.09. The van der Waals surface area contributed by atoms with Gasteiger partial charge in [0.1, 0.15) is 23.8 Å². The Morgan fingerprint density at radius 1 is 1.05 bits per heavy atom. The molecule has 0 aliphatic heterocycles. The van der Waals surface area contributed by atoms with Gasteiger partial charge in [-0.25, -0.2) is 0 Å². The number of nitrogens with two attached hydrogens (primary N) is 1. The van der Waals surface area contributed by atoms with Crippen LogP contribution in [0.5, 0.6) is 11.5 Å². The van der Waals surface area contributed by atoms with E-state index in [1.165, 1.54) is 0 Å². The first-order chi connectivity index (χ1) is 17.9. The monoisotopic (exact) mass is 503 g/mol. The Labute approximate surface area is 218 Å². The molecule has 37 heavy (non-hydrogen) atoms. The summed E-state index contributed by atoms with van der Waals surface area (Å²) in [7, 11) is 0. The maximum atomic E-state index is 12.0. The fraction of sp³-hybridized carbons (Fsp3) is 0.333. The van der Waals surface area contributed by atoms with Crippen LogP contribution < -0.4 is 10.5 Å². The number of rotatable bonds is 9. The smallest absolute Gasteiger partial charge is 0.310 e. The number of hydrogen-bond acceptors (Lipinski definition) is 6. The largest absolute Gasteiger partial charge is 0.507 e. The van der Waals surface area contributed by atoms with Crippen LogP contribution in [-0.2, 0) is 29.1 Å². The lowest BCUT2D eigenvalue weighted by atomic mass is 9.99. The quantitative estimate of drug-likeness (QED) is 0.265. The van der Waals surface area contributed by atoms with Gasteiger partial charge >= 0.3 is 5.97 Å². The standard InChI is InChI=1S/C28H31N3O4.C2H6/c1-4-34-27(32)15-20-8-5-6-11-26(20)35-17-24-23-14-19(12-13-25(23)31(30-24)18(2)3)22-10-7-9-21(16-29)28(22)33;1-2/h5-14,18,33H,4,15-17,29H2,1-3H3;1-2H3. The SMILES string of the molecule is CC.CCOC(=O)Cc1ccccc1OCc1nn(C(C)C)c2ccc(-c3cccc(CN)c3O)cc12. The number of phenolic OH excluding ortho intramolecular Hbond substituents is 1. The van der Waals surface area contributed by atoms with Gasteiger partial charge in [0.25, 0.3) is 0 Å². The van der Waals surface area contributed by atoms with Gasteiger partial charge in [-0.1, -0.05) is 56.3 Å². The van der Waals surface area contributed by atoms with E-state index in [1.807, 2.05) is 79.2 Å². The number of phenols is 1. The summed E-state index contributed by atoms with van der Waals surface area (Å²) in [6.07, 6.45) is 0.145. The molecular formula is C30H37N3O4. The van der Waals surface area contributed by atoms with E-state index < -0.39 is 0 Å². The zero-order chi connectivity index (χ0) is 26.9. The zero-order valence-corrected chi connectivity index (χ0v) is 22.3. The molecule has 0 aliphatic carbocycles. The highest BCUT2D eigenvalue weighted by molar-refractivity contribution is 5.88. The van der Waals surface area contributed by atoms with Gasteiger partial charge in [0, 0.05) is 34.7 Å². The molecule has 0 saturated heterocycles. The molecule has 0 amide bonds. The van der Waals surface area contributed by atoms with Gasteiger partial charge in [-0.05, 0) is 44.5 Å². The van der Waals surface area contributed by atoms with E-state index in [1.54, 1.807) is 6.92 Å². The molecule has 0 bridgehead atoms. The Bertz CT molecular complexity index is 1340. The highest BCUT2D eigenvalue weighted by atomic mass is 16.5. The van der Waals surface area contributed by atoms with Gasteiger partial charge in [0.15, 0.2) is 0 Å². The molecule has 0 unspecified atom stereocenters. The molecule has 4 aromatic rings. The number of nitrogens with zero attached hydrogens (tertiary/aromatic N) is 2.